The zero-order valence-electron chi connectivity index (χ0n) is 12.9. The first-order valence-electron chi connectivity index (χ1n) is 7.61. The van der Waals surface area contributed by atoms with Crippen LogP contribution in [0.4, 0.5) is 0 Å². The van der Waals surface area contributed by atoms with Crippen LogP contribution in [0.25, 0.3) is 0 Å². The third kappa shape index (κ3) is 2.14. The van der Waals surface area contributed by atoms with Crippen molar-refractivity contribution >= 4 is 8.32 Å². The topological polar surface area (TPSA) is 9.23 Å². The van der Waals surface area contributed by atoms with Crippen molar-refractivity contribution < 1.29 is 4.43 Å². The first-order chi connectivity index (χ1) is 8.78. The Hall–Kier alpha value is -0.763. The average Bonchev–Trinajstić information content (AvgIpc) is 2.87. The van der Waals surface area contributed by atoms with Gasteiger partial charge in [0.05, 0.1) is 0 Å². The molecule has 1 fully saturated rings. The van der Waals surface area contributed by atoms with E-state index in [0.29, 0.717) is 0 Å². The summed E-state index contributed by atoms with van der Waals surface area (Å²) in [4.78, 5) is 0. The molecule has 1 saturated carbocycles. The Morgan fingerprint density at radius 2 is 1.68 bits per heavy atom. The quantitative estimate of drug-likeness (QED) is 0.653. The van der Waals surface area contributed by atoms with E-state index in [4.69, 9.17) is 4.43 Å². The highest BCUT2D eigenvalue weighted by atomic mass is 28.4. The van der Waals surface area contributed by atoms with Gasteiger partial charge >= 0.3 is 0 Å². The fourth-order valence-corrected chi connectivity index (χ4v) is 4.36. The number of rotatable bonds is 2. The van der Waals surface area contributed by atoms with Crippen molar-refractivity contribution in [3.63, 3.8) is 0 Å². The minimum Gasteiger partial charge on any atom is -0.543 e. The molecule has 0 spiro atoms. The number of fused-ring (bicyclic) bond motifs is 5. The molecule has 2 bridgehead atoms. The van der Waals surface area contributed by atoms with E-state index in [2.05, 4.69) is 52.1 Å². The molecule has 0 N–H and O–H groups in total. The highest BCUT2D eigenvalue weighted by molar-refractivity contribution is 6.74. The first kappa shape index (κ1) is 13.2. The van der Waals surface area contributed by atoms with Gasteiger partial charge in [0.25, 0.3) is 0 Å². The second-order valence-electron chi connectivity index (χ2n) is 7.86. The molecule has 1 nitrogen and oxygen atoms in total. The Bertz CT molecular complexity index is 498. The van der Waals surface area contributed by atoms with Crippen LogP contribution in [0.3, 0.4) is 0 Å². The average molecular weight is 274 g/mol. The largest absolute Gasteiger partial charge is 0.543 e. The molecule has 2 atom stereocenters. The van der Waals surface area contributed by atoms with Gasteiger partial charge in [-0.1, -0.05) is 26.8 Å². The maximum atomic E-state index is 6.44. The molecule has 3 rings (SSSR count). The van der Waals surface area contributed by atoms with Crippen LogP contribution in [-0.2, 0) is 0 Å². The standard InChI is InChI=1S/C17H26OSi/c1-17(2,3)19(4,5)18-14-8-9-15-12-6-7-13(10-12)16(15)11-14/h8-9,11-13H,6-7,10H2,1-5H3. The van der Waals surface area contributed by atoms with Gasteiger partial charge in [0.1, 0.15) is 5.75 Å². The van der Waals surface area contributed by atoms with Crippen LogP contribution in [0.5, 0.6) is 5.75 Å². The van der Waals surface area contributed by atoms with Crippen molar-refractivity contribution in [1.29, 1.82) is 0 Å². The van der Waals surface area contributed by atoms with Crippen LogP contribution >= 0.6 is 0 Å². The van der Waals surface area contributed by atoms with Crippen LogP contribution in [0.1, 0.15) is 63.0 Å². The summed E-state index contributed by atoms with van der Waals surface area (Å²) in [6, 6.07) is 6.89. The Labute approximate surface area is 118 Å². The van der Waals surface area contributed by atoms with E-state index in [-0.39, 0.29) is 5.04 Å². The monoisotopic (exact) mass is 274 g/mol. The Balaban J connectivity index is 1.87. The van der Waals surface area contributed by atoms with Crippen molar-refractivity contribution in [2.75, 3.05) is 0 Å². The zero-order valence-corrected chi connectivity index (χ0v) is 13.9. The lowest BCUT2D eigenvalue weighted by atomic mass is 9.92. The molecule has 2 aliphatic rings. The Morgan fingerprint density at radius 3 is 2.32 bits per heavy atom. The van der Waals surface area contributed by atoms with E-state index < -0.39 is 8.32 Å². The van der Waals surface area contributed by atoms with Gasteiger partial charge in [0, 0.05) is 0 Å². The lowest BCUT2D eigenvalue weighted by Crippen LogP contribution is -2.43. The predicted octanol–water partition coefficient (Wildman–Crippen LogP) is 5.44. The van der Waals surface area contributed by atoms with Crippen LogP contribution < -0.4 is 4.43 Å². The van der Waals surface area contributed by atoms with E-state index in [1.165, 1.54) is 19.3 Å². The summed E-state index contributed by atoms with van der Waals surface area (Å²) in [6.45, 7) is 11.6. The second kappa shape index (κ2) is 4.11. The molecule has 1 aromatic carbocycles. The van der Waals surface area contributed by atoms with Crippen molar-refractivity contribution in [1.82, 2.24) is 0 Å². The van der Waals surface area contributed by atoms with Crippen LogP contribution in [0, 0.1) is 0 Å². The zero-order chi connectivity index (χ0) is 13.8. The summed E-state index contributed by atoms with van der Waals surface area (Å²) in [6.07, 6.45) is 4.18. The van der Waals surface area contributed by atoms with Gasteiger partial charge in [-0.25, -0.2) is 0 Å². The Kier molecular flexibility index (Phi) is 2.86. The smallest absolute Gasteiger partial charge is 0.250 e. The fourth-order valence-electron chi connectivity index (χ4n) is 3.34. The maximum Gasteiger partial charge on any atom is 0.250 e. The summed E-state index contributed by atoms with van der Waals surface area (Å²) in [7, 11) is -1.70. The minimum atomic E-state index is -1.70. The SMILES string of the molecule is CC(C)(C)[Si](C)(C)Oc1ccc2c(c1)C1CCC2C1. The molecule has 2 aliphatic carbocycles. The maximum absolute atomic E-state index is 6.44. The molecule has 0 aliphatic heterocycles. The molecular weight excluding hydrogens is 248 g/mol. The lowest BCUT2D eigenvalue weighted by molar-refractivity contribution is 0.491. The molecule has 2 heteroatoms. The van der Waals surface area contributed by atoms with Crippen LogP contribution in [-0.4, -0.2) is 8.32 Å². The van der Waals surface area contributed by atoms with Gasteiger partial charge in [0.2, 0.25) is 8.32 Å². The van der Waals surface area contributed by atoms with Crippen molar-refractivity contribution in [2.24, 2.45) is 0 Å². The second-order valence-corrected chi connectivity index (χ2v) is 12.6. The van der Waals surface area contributed by atoms with Gasteiger partial charge < -0.3 is 4.43 Å². The molecule has 0 radical (unpaired) electrons. The van der Waals surface area contributed by atoms with Gasteiger partial charge in [-0.3, -0.25) is 0 Å². The summed E-state index contributed by atoms with van der Waals surface area (Å²) in [5, 5.41) is 0.269. The van der Waals surface area contributed by atoms with Crippen molar-refractivity contribution in [2.45, 2.75) is 70.0 Å². The van der Waals surface area contributed by atoms with E-state index in [1.54, 1.807) is 11.1 Å². The van der Waals surface area contributed by atoms with E-state index in [9.17, 15) is 0 Å². The summed E-state index contributed by atoms with van der Waals surface area (Å²) < 4.78 is 6.44. The molecular formula is C17H26OSi. The number of hydrogen-bond donors (Lipinski definition) is 0. The molecule has 0 heterocycles. The fraction of sp³-hybridized carbons (Fsp3) is 0.647. The molecule has 0 amide bonds. The number of hydrogen-bond acceptors (Lipinski definition) is 1. The highest BCUT2D eigenvalue weighted by Gasteiger charge is 2.40. The third-order valence-corrected chi connectivity index (χ3v) is 9.91. The lowest BCUT2D eigenvalue weighted by Gasteiger charge is -2.36. The van der Waals surface area contributed by atoms with Gasteiger partial charge in [-0.2, -0.15) is 0 Å². The van der Waals surface area contributed by atoms with E-state index in [0.717, 1.165) is 17.6 Å². The molecule has 19 heavy (non-hydrogen) atoms. The predicted molar refractivity (Wildman–Crippen MR) is 83.6 cm³/mol. The molecule has 2 unspecified atom stereocenters. The minimum absolute atomic E-state index is 0.269. The van der Waals surface area contributed by atoms with Crippen molar-refractivity contribution in [3.8, 4) is 5.75 Å². The highest BCUT2D eigenvalue weighted by Crippen LogP contribution is 2.53. The Morgan fingerprint density at radius 1 is 1.05 bits per heavy atom. The van der Waals surface area contributed by atoms with E-state index >= 15 is 0 Å². The normalized spacial score (nSPS) is 25.5. The van der Waals surface area contributed by atoms with Crippen LogP contribution in [0.15, 0.2) is 18.2 Å². The summed E-state index contributed by atoms with van der Waals surface area (Å²) in [5.74, 6) is 2.78. The van der Waals surface area contributed by atoms with Gasteiger partial charge in [-0.15, -0.1) is 0 Å². The molecule has 0 saturated heterocycles. The third-order valence-electron chi connectivity index (χ3n) is 5.55. The summed E-state index contributed by atoms with van der Waals surface area (Å²) >= 11 is 0. The van der Waals surface area contributed by atoms with Gasteiger partial charge in [0.15, 0.2) is 0 Å². The number of benzene rings is 1. The van der Waals surface area contributed by atoms with E-state index in [1.807, 2.05) is 0 Å². The van der Waals surface area contributed by atoms with Crippen molar-refractivity contribution in [3.05, 3.63) is 29.3 Å². The molecule has 104 valence electrons. The first-order valence-corrected chi connectivity index (χ1v) is 10.5. The van der Waals surface area contributed by atoms with Crippen LogP contribution in [0.2, 0.25) is 18.1 Å². The molecule has 0 aromatic heterocycles. The summed E-state index contributed by atoms with van der Waals surface area (Å²) in [5.41, 5.74) is 3.20. The molecule has 1 aromatic rings. The van der Waals surface area contributed by atoms with Gasteiger partial charge in [-0.05, 0) is 72.5 Å².